The molecule has 2 aliphatic rings. The molecule has 1 fully saturated rings. The van der Waals surface area contributed by atoms with Crippen molar-refractivity contribution in [3.8, 4) is 0 Å². The highest BCUT2D eigenvalue weighted by molar-refractivity contribution is 5.77. The highest BCUT2D eigenvalue weighted by Gasteiger charge is 2.18. The van der Waals surface area contributed by atoms with Crippen LogP contribution in [-0.2, 0) is 17.6 Å². The fraction of sp³-hybridized carbons (Fsp3) is 0.667. The van der Waals surface area contributed by atoms with E-state index in [1.165, 1.54) is 24.1 Å². The second kappa shape index (κ2) is 6.20. The van der Waals surface area contributed by atoms with Crippen LogP contribution in [0.4, 0.5) is 5.82 Å². The van der Waals surface area contributed by atoms with Crippen LogP contribution in [-0.4, -0.2) is 40.4 Å². The van der Waals surface area contributed by atoms with E-state index in [-0.39, 0.29) is 5.91 Å². The van der Waals surface area contributed by atoms with E-state index in [4.69, 9.17) is 0 Å². The van der Waals surface area contributed by atoms with Crippen molar-refractivity contribution in [1.29, 1.82) is 0 Å². The zero-order valence-corrected chi connectivity index (χ0v) is 11.9. The Morgan fingerprint density at radius 2 is 1.95 bits per heavy atom. The van der Waals surface area contributed by atoms with Crippen LogP contribution in [0.15, 0.2) is 6.33 Å². The highest BCUT2D eigenvalue weighted by Crippen LogP contribution is 2.24. The number of anilines is 1. The van der Waals surface area contributed by atoms with Gasteiger partial charge in [0.05, 0.1) is 0 Å². The van der Waals surface area contributed by atoms with Crippen LogP contribution in [0.3, 0.4) is 0 Å². The first kappa shape index (κ1) is 13.3. The van der Waals surface area contributed by atoms with Crippen LogP contribution in [0.25, 0.3) is 0 Å². The van der Waals surface area contributed by atoms with Crippen LogP contribution in [0.5, 0.6) is 0 Å². The highest BCUT2D eigenvalue weighted by atomic mass is 16.2. The Labute approximate surface area is 119 Å². The van der Waals surface area contributed by atoms with Gasteiger partial charge in [-0.3, -0.25) is 4.79 Å². The number of nitrogens with zero attached hydrogens (tertiary/aromatic N) is 3. The van der Waals surface area contributed by atoms with E-state index in [0.29, 0.717) is 13.0 Å². The molecule has 1 aliphatic heterocycles. The summed E-state index contributed by atoms with van der Waals surface area (Å²) in [6, 6.07) is 0. The number of rotatable bonds is 4. The van der Waals surface area contributed by atoms with Gasteiger partial charge in [-0.2, -0.15) is 0 Å². The molecule has 0 saturated carbocycles. The third kappa shape index (κ3) is 2.92. The second-order valence-corrected chi connectivity index (χ2v) is 5.62. The molecule has 1 amide bonds. The summed E-state index contributed by atoms with van der Waals surface area (Å²) in [5.41, 5.74) is 2.44. The van der Waals surface area contributed by atoms with Gasteiger partial charge in [-0.1, -0.05) is 0 Å². The number of nitrogens with one attached hydrogen (secondary N) is 1. The lowest BCUT2D eigenvalue weighted by Crippen LogP contribution is -2.29. The summed E-state index contributed by atoms with van der Waals surface area (Å²) in [5, 5.41) is 3.33. The van der Waals surface area contributed by atoms with Gasteiger partial charge in [0.2, 0.25) is 5.91 Å². The average Bonchev–Trinajstić information content (AvgIpc) is 3.02. The summed E-state index contributed by atoms with van der Waals surface area (Å²) in [5.74, 6) is 1.20. The normalized spacial score (nSPS) is 17.9. The minimum absolute atomic E-state index is 0.262. The molecule has 1 aliphatic carbocycles. The lowest BCUT2D eigenvalue weighted by molar-refractivity contribution is -0.129. The number of carbonyl (C=O) groups is 1. The molecule has 1 aromatic heterocycles. The molecule has 1 N–H and O–H groups in total. The van der Waals surface area contributed by atoms with Crippen molar-refractivity contribution in [2.24, 2.45) is 0 Å². The topological polar surface area (TPSA) is 58.1 Å². The van der Waals surface area contributed by atoms with Gasteiger partial charge in [0.15, 0.2) is 0 Å². The number of fused-ring (bicyclic) bond motifs is 1. The SMILES string of the molecule is O=C(CCNc1ncnc2c1CCCC2)N1CCCC1. The van der Waals surface area contributed by atoms with Gasteiger partial charge in [-0.05, 0) is 38.5 Å². The maximum Gasteiger partial charge on any atom is 0.224 e. The van der Waals surface area contributed by atoms with E-state index in [0.717, 1.165) is 44.6 Å². The first-order chi connectivity index (χ1) is 9.84. The maximum absolute atomic E-state index is 12.0. The summed E-state index contributed by atoms with van der Waals surface area (Å²) in [4.78, 5) is 22.6. The van der Waals surface area contributed by atoms with Crippen molar-refractivity contribution in [1.82, 2.24) is 14.9 Å². The molecule has 5 nitrogen and oxygen atoms in total. The van der Waals surface area contributed by atoms with Crippen molar-refractivity contribution in [2.75, 3.05) is 25.0 Å². The Balaban J connectivity index is 1.54. The lowest BCUT2D eigenvalue weighted by Gasteiger charge is -2.19. The zero-order valence-electron chi connectivity index (χ0n) is 11.9. The molecule has 1 aromatic rings. The summed E-state index contributed by atoms with van der Waals surface area (Å²) in [6.45, 7) is 2.53. The van der Waals surface area contributed by atoms with Crippen molar-refractivity contribution < 1.29 is 4.79 Å². The van der Waals surface area contributed by atoms with Crippen LogP contribution in [0.2, 0.25) is 0 Å². The van der Waals surface area contributed by atoms with Gasteiger partial charge in [-0.25, -0.2) is 9.97 Å². The van der Waals surface area contributed by atoms with Crippen LogP contribution in [0, 0.1) is 0 Å². The van der Waals surface area contributed by atoms with Gasteiger partial charge in [-0.15, -0.1) is 0 Å². The number of likely N-dealkylation sites (tertiary alicyclic amines) is 1. The van der Waals surface area contributed by atoms with Crippen LogP contribution >= 0.6 is 0 Å². The summed E-state index contributed by atoms with van der Waals surface area (Å²) < 4.78 is 0. The standard InChI is InChI=1S/C15H22N4O/c20-14(19-9-3-4-10-19)7-8-16-15-12-5-1-2-6-13(12)17-11-18-15/h11H,1-10H2,(H,16,17,18). The first-order valence-electron chi connectivity index (χ1n) is 7.69. The van der Waals surface area contributed by atoms with Gasteiger partial charge in [0.25, 0.3) is 0 Å². The molecule has 0 unspecified atom stereocenters. The Bertz CT molecular complexity index is 483. The largest absolute Gasteiger partial charge is 0.369 e. The summed E-state index contributed by atoms with van der Waals surface area (Å²) >= 11 is 0. The third-order valence-electron chi connectivity index (χ3n) is 4.22. The molecule has 0 atom stereocenters. The molecular formula is C15H22N4O. The van der Waals surface area contributed by atoms with Crippen molar-refractivity contribution in [2.45, 2.75) is 44.9 Å². The zero-order chi connectivity index (χ0) is 13.8. The molecule has 2 heterocycles. The Morgan fingerprint density at radius 1 is 1.15 bits per heavy atom. The molecule has 0 aromatic carbocycles. The molecule has 0 radical (unpaired) electrons. The minimum Gasteiger partial charge on any atom is -0.369 e. The number of carbonyl (C=O) groups excluding carboxylic acids is 1. The number of hydrogen-bond acceptors (Lipinski definition) is 4. The fourth-order valence-corrected chi connectivity index (χ4v) is 3.09. The van der Waals surface area contributed by atoms with Gasteiger partial charge in [0.1, 0.15) is 12.1 Å². The van der Waals surface area contributed by atoms with Gasteiger partial charge >= 0.3 is 0 Å². The van der Waals surface area contributed by atoms with Crippen LogP contribution in [0.1, 0.15) is 43.4 Å². The molecule has 20 heavy (non-hydrogen) atoms. The van der Waals surface area contributed by atoms with E-state index in [1.54, 1.807) is 6.33 Å². The average molecular weight is 274 g/mol. The van der Waals surface area contributed by atoms with Crippen molar-refractivity contribution >= 4 is 11.7 Å². The van der Waals surface area contributed by atoms with Gasteiger partial charge in [0, 0.05) is 37.3 Å². The molecule has 0 spiro atoms. The van der Waals surface area contributed by atoms with E-state index < -0.39 is 0 Å². The number of hydrogen-bond donors (Lipinski definition) is 1. The molecular weight excluding hydrogens is 252 g/mol. The molecule has 3 rings (SSSR count). The Kier molecular flexibility index (Phi) is 4.14. The fourth-order valence-electron chi connectivity index (χ4n) is 3.09. The molecule has 1 saturated heterocycles. The van der Waals surface area contributed by atoms with Gasteiger partial charge < -0.3 is 10.2 Å². The van der Waals surface area contributed by atoms with E-state index >= 15 is 0 Å². The van der Waals surface area contributed by atoms with Crippen LogP contribution < -0.4 is 5.32 Å². The summed E-state index contributed by atoms with van der Waals surface area (Å²) in [6.07, 6.45) is 9.03. The minimum atomic E-state index is 0.262. The summed E-state index contributed by atoms with van der Waals surface area (Å²) in [7, 11) is 0. The Hall–Kier alpha value is -1.65. The second-order valence-electron chi connectivity index (χ2n) is 5.62. The maximum atomic E-state index is 12.0. The number of amides is 1. The smallest absolute Gasteiger partial charge is 0.224 e. The van der Waals surface area contributed by atoms with E-state index in [1.807, 2.05) is 4.90 Å². The Morgan fingerprint density at radius 3 is 2.80 bits per heavy atom. The predicted molar refractivity (Wildman–Crippen MR) is 77.6 cm³/mol. The molecule has 5 heteroatoms. The molecule has 0 bridgehead atoms. The quantitative estimate of drug-likeness (QED) is 0.909. The third-order valence-corrected chi connectivity index (χ3v) is 4.22. The molecule has 108 valence electrons. The van der Waals surface area contributed by atoms with Crippen molar-refractivity contribution in [3.63, 3.8) is 0 Å². The van der Waals surface area contributed by atoms with E-state index in [9.17, 15) is 4.79 Å². The monoisotopic (exact) mass is 274 g/mol. The number of aromatic nitrogens is 2. The predicted octanol–water partition coefficient (Wildman–Crippen LogP) is 1.78. The number of aryl methyl sites for hydroxylation is 1. The first-order valence-corrected chi connectivity index (χ1v) is 7.69. The lowest BCUT2D eigenvalue weighted by atomic mass is 9.96. The van der Waals surface area contributed by atoms with E-state index in [2.05, 4.69) is 15.3 Å². The van der Waals surface area contributed by atoms with Crippen molar-refractivity contribution in [3.05, 3.63) is 17.6 Å².